The van der Waals surface area contributed by atoms with Crippen molar-refractivity contribution in [3.05, 3.63) is 65.0 Å². The molecule has 0 saturated heterocycles. The molecule has 0 aliphatic carbocycles. The molecule has 1 aliphatic heterocycles. The van der Waals surface area contributed by atoms with Gasteiger partial charge in [-0.1, -0.05) is 24.3 Å². The number of ether oxygens (including phenoxy) is 2. The van der Waals surface area contributed by atoms with Crippen LogP contribution in [0.25, 0.3) is 6.08 Å². The van der Waals surface area contributed by atoms with Crippen LogP contribution in [-0.4, -0.2) is 5.60 Å². The summed E-state index contributed by atoms with van der Waals surface area (Å²) in [5, 5.41) is 0. The van der Waals surface area contributed by atoms with Gasteiger partial charge in [0, 0.05) is 17.2 Å². The van der Waals surface area contributed by atoms with Crippen LogP contribution < -0.4 is 9.47 Å². The second-order valence-corrected chi connectivity index (χ2v) is 6.07. The van der Waals surface area contributed by atoms with E-state index in [0.29, 0.717) is 11.3 Å². The van der Waals surface area contributed by atoms with Crippen molar-refractivity contribution in [3.63, 3.8) is 0 Å². The Kier molecular flexibility index (Phi) is 3.65. The zero-order valence-electron chi connectivity index (χ0n) is 13.0. The van der Waals surface area contributed by atoms with Gasteiger partial charge in [-0.3, -0.25) is 0 Å². The average molecular weight is 298 g/mol. The number of aryl methyl sites for hydroxylation is 1. The van der Waals surface area contributed by atoms with Gasteiger partial charge in [-0.25, -0.2) is 4.39 Å². The predicted octanol–water partition coefficient (Wildman–Crippen LogP) is 4.90. The number of hydrogen-bond donors (Lipinski definition) is 0. The minimum absolute atomic E-state index is 0.199. The van der Waals surface area contributed by atoms with Crippen LogP contribution in [0.4, 0.5) is 4.39 Å². The number of halogens is 1. The highest BCUT2D eigenvalue weighted by atomic mass is 19.1. The Bertz CT molecular complexity index is 732. The summed E-state index contributed by atoms with van der Waals surface area (Å²) < 4.78 is 25.4. The standard InChI is InChI=1S/C19H19FO2/c1-13-10-15(21-12-14-6-4-5-7-17(14)20)11-18-16(13)8-9-19(2,3)22-18/h4-11H,12H2,1-3H3. The molecule has 0 unspecified atom stereocenters. The monoisotopic (exact) mass is 298 g/mol. The topological polar surface area (TPSA) is 18.5 Å². The maximum atomic E-state index is 13.6. The molecule has 2 nitrogen and oxygen atoms in total. The molecule has 1 aliphatic rings. The van der Waals surface area contributed by atoms with Gasteiger partial charge in [0.15, 0.2) is 0 Å². The highest BCUT2D eigenvalue weighted by Crippen LogP contribution is 2.36. The van der Waals surface area contributed by atoms with Gasteiger partial charge in [-0.05, 0) is 44.5 Å². The summed E-state index contributed by atoms with van der Waals surface area (Å²) in [5.41, 5.74) is 2.35. The van der Waals surface area contributed by atoms with Crippen LogP contribution in [0.3, 0.4) is 0 Å². The fourth-order valence-electron chi connectivity index (χ4n) is 2.49. The number of hydrogen-bond acceptors (Lipinski definition) is 2. The summed E-state index contributed by atoms with van der Waals surface area (Å²) in [4.78, 5) is 0. The van der Waals surface area contributed by atoms with Gasteiger partial charge in [0.1, 0.15) is 29.5 Å². The lowest BCUT2D eigenvalue weighted by Gasteiger charge is -2.29. The molecule has 0 N–H and O–H groups in total. The Balaban J connectivity index is 1.83. The maximum absolute atomic E-state index is 13.6. The van der Waals surface area contributed by atoms with E-state index < -0.39 is 0 Å². The Morgan fingerprint density at radius 1 is 1.18 bits per heavy atom. The van der Waals surface area contributed by atoms with Crippen LogP contribution in [-0.2, 0) is 6.61 Å². The van der Waals surface area contributed by atoms with E-state index in [1.165, 1.54) is 6.07 Å². The van der Waals surface area contributed by atoms with E-state index in [2.05, 4.69) is 6.08 Å². The molecule has 0 bridgehead atoms. The van der Waals surface area contributed by atoms with Crippen LogP contribution in [0.1, 0.15) is 30.5 Å². The van der Waals surface area contributed by atoms with Gasteiger partial charge in [-0.2, -0.15) is 0 Å². The first kappa shape index (κ1) is 14.6. The number of benzene rings is 2. The average Bonchev–Trinajstić information content (AvgIpc) is 2.45. The second kappa shape index (κ2) is 5.48. The second-order valence-electron chi connectivity index (χ2n) is 6.07. The lowest BCUT2D eigenvalue weighted by molar-refractivity contribution is 0.158. The molecule has 0 aromatic heterocycles. The summed E-state index contributed by atoms with van der Waals surface area (Å²) in [6, 6.07) is 10.5. The van der Waals surface area contributed by atoms with Crippen LogP contribution in [0, 0.1) is 12.7 Å². The molecule has 2 aromatic carbocycles. The molecule has 3 heteroatoms. The fraction of sp³-hybridized carbons (Fsp3) is 0.263. The van der Waals surface area contributed by atoms with E-state index in [-0.39, 0.29) is 18.0 Å². The van der Waals surface area contributed by atoms with Crippen LogP contribution in [0.2, 0.25) is 0 Å². The van der Waals surface area contributed by atoms with Gasteiger partial charge >= 0.3 is 0 Å². The highest BCUT2D eigenvalue weighted by molar-refractivity contribution is 5.66. The smallest absolute Gasteiger partial charge is 0.131 e. The third-order valence-electron chi connectivity index (χ3n) is 3.70. The molecule has 0 spiro atoms. The van der Waals surface area contributed by atoms with E-state index in [9.17, 15) is 4.39 Å². The number of fused-ring (bicyclic) bond motifs is 1. The largest absolute Gasteiger partial charge is 0.489 e. The van der Waals surface area contributed by atoms with Crippen molar-refractivity contribution in [3.8, 4) is 11.5 Å². The molecule has 0 amide bonds. The first-order chi connectivity index (χ1) is 10.4. The van der Waals surface area contributed by atoms with Crippen molar-refractivity contribution < 1.29 is 13.9 Å². The zero-order valence-corrected chi connectivity index (χ0v) is 13.0. The van der Waals surface area contributed by atoms with E-state index >= 15 is 0 Å². The van der Waals surface area contributed by atoms with Gasteiger partial charge in [0.25, 0.3) is 0 Å². The Morgan fingerprint density at radius 3 is 2.73 bits per heavy atom. The molecule has 3 rings (SSSR count). The van der Waals surface area contributed by atoms with Gasteiger partial charge < -0.3 is 9.47 Å². The molecular weight excluding hydrogens is 279 g/mol. The SMILES string of the molecule is Cc1cc(OCc2ccccc2F)cc2c1C=CC(C)(C)O2. The minimum Gasteiger partial charge on any atom is -0.489 e. The molecule has 114 valence electrons. The molecule has 0 atom stereocenters. The lowest BCUT2D eigenvalue weighted by atomic mass is 9.99. The molecule has 0 saturated carbocycles. The summed E-state index contributed by atoms with van der Waals surface area (Å²) in [7, 11) is 0. The summed E-state index contributed by atoms with van der Waals surface area (Å²) in [6.45, 7) is 6.23. The highest BCUT2D eigenvalue weighted by Gasteiger charge is 2.23. The summed E-state index contributed by atoms with van der Waals surface area (Å²) >= 11 is 0. The molecular formula is C19H19FO2. The van der Waals surface area contributed by atoms with E-state index in [0.717, 1.165) is 16.9 Å². The normalized spacial score (nSPS) is 15.1. The van der Waals surface area contributed by atoms with Crippen LogP contribution in [0.15, 0.2) is 42.5 Å². The number of rotatable bonds is 3. The Hall–Kier alpha value is -2.29. The van der Waals surface area contributed by atoms with Gasteiger partial charge in [0.2, 0.25) is 0 Å². The van der Waals surface area contributed by atoms with Crippen molar-refractivity contribution >= 4 is 6.08 Å². The third-order valence-corrected chi connectivity index (χ3v) is 3.70. The van der Waals surface area contributed by atoms with Crippen molar-refractivity contribution in [1.29, 1.82) is 0 Å². The first-order valence-corrected chi connectivity index (χ1v) is 7.34. The quantitative estimate of drug-likeness (QED) is 0.802. The minimum atomic E-state index is -0.330. The van der Waals surface area contributed by atoms with Crippen LogP contribution in [0.5, 0.6) is 11.5 Å². The Labute approximate surface area is 130 Å². The predicted molar refractivity (Wildman–Crippen MR) is 85.7 cm³/mol. The van der Waals surface area contributed by atoms with E-state index in [4.69, 9.17) is 9.47 Å². The molecule has 0 fully saturated rings. The molecule has 22 heavy (non-hydrogen) atoms. The van der Waals surface area contributed by atoms with Gasteiger partial charge in [0.05, 0.1) is 0 Å². The maximum Gasteiger partial charge on any atom is 0.131 e. The van der Waals surface area contributed by atoms with Gasteiger partial charge in [-0.15, -0.1) is 0 Å². The van der Waals surface area contributed by atoms with E-state index in [1.54, 1.807) is 18.2 Å². The summed E-state index contributed by atoms with van der Waals surface area (Å²) in [6.07, 6.45) is 4.12. The van der Waals surface area contributed by atoms with E-state index in [1.807, 2.05) is 39.0 Å². The molecule has 0 radical (unpaired) electrons. The zero-order chi connectivity index (χ0) is 15.7. The van der Waals surface area contributed by atoms with Crippen molar-refractivity contribution in [2.75, 3.05) is 0 Å². The van der Waals surface area contributed by atoms with Crippen molar-refractivity contribution in [2.24, 2.45) is 0 Å². The van der Waals surface area contributed by atoms with Crippen molar-refractivity contribution in [1.82, 2.24) is 0 Å². The first-order valence-electron chi connectivity index (χ1n) is 7.34. The molecule has 1 heterocycles. The van der Waals surface area contributed by atoms with Crippen molar-refractivity contribution in [2.45, 2.75) is 33.0 Å². The fourth-order valence-corrected chi connectivity index (χ4v) is 2.49. The van der Waals surface area contributed by atoms with Crippen LogP contribution >= 0.6 is 0 Å². The summed E-state index contributed by atoms with van der Waals surface area (Å²) in [5.74, 6) is 1.24. The lowest BCUT2D eigenvalue weighted by Crippen LogP contribution is -2.27. The third kappa shape index (κ3) is 2.98. The Morgan fingerprint density at radius 2 is 1.95 bits per heavy atom. The molecule has 2 aromatic rings.